The summed E-state index contributed by atoms with van der Waals surface area (Å²) in [7, 11) is -3.78. The molecule has 0 bridgehead atoms. The van der Waals surface area contributed by atoms with Gasteiger partial charge in [0, 0.05) is 28.5 Å². The van der Waals surface area contributed by atoms with E-state index in [2.05, 4.69) is 41.9 Å². The molecule has 1 amide bonds. The maximum Gasteiger partial charge on any atom is 0.243 e. The minimum absolute atomic E-state index is 0.0137. The Kier molecular flexibility index (Phi) is 7.11. The Morgan fingerprint density at radius 3 is 2.52 bits per heavy atom. The lowest BCUT2D eigenvalue weighted by molar-refractivity contribution is -0.120. The third-order valence-electron chi connectivity index (χ3n) is 2.52. The van der Waals surface area contributed by atoms with Crippen LogP contribution < -0.4 is 15.8 Å². The molecule has 0 aromatic heterocycles. The Bertz CT molecular complexity index is 597. The summed E-state index contributed by atoms with van der Waals surface area (Å²) >= 11 is 6.41. The largest absolute Gasteiger partial charge is 0.398 e. The molecule has 0 aliphatic heterocycles. The van der Waals surface area contributed by atoms with Gasteiger partial charge in [0.15, 0.2) is 0 Å². The molecule has 6 nitrogen and oxygen atoms in total. The van der Waals surface area contributed by atoms with Gasteiger partial charge in [-0.1, -0.05) is 22.9 Å². The number of carbonyl (C=O) groups excluding carboxylic acids is 1. The Morgan fingerprint density at radius 1 is 1.29 bits per heavy atom. The van der Waals surface area contributed by atoms with Gasteiger partial charge in [-0.3, -0.25) is 4.79 Å². The van der Waals surface area contributed by atoms with Crippen LogP contribution in [-0.4, -0.2) is 27.4 Å². The Balaban J connectivity index is 2.73. The molecule has 0 heterocycles. The van der Waals surface area contributed by atoms with Crippen LogP contribution in [0.15, 0.2) is 26.0 Å². The van der Waals surface area contributed by atoms with Crippen molar-refractivity contribution in [1.29, 1.82) is 0 Å². The summed E-state index contributed by atoms with van der Waals surface area (Å²) in [6, 6.07) is 3.10. The standard InChI is InChI=1S/C12H17Br2N3O3S/c1-2-4-16-11(18)3-5-17-21(19,20)12-9(14)6-8(13)7-10(12)15/h6-7,17H,2-5,15H2,1H3,(H,16,18). The van der Waals surface area contributed by atoms with Crippen molar-refractivity contribution in [2.75, 3.05) is 18.8 Å². The molecule has 0 aliphatic carbocycles. The lowest BCUT2D eigenvalue weighted by Gasteiger charge is -2.11. The van der Waals surface area contributed by atoms with Crippen molar-refractivity contribution in [3.05, 3.63) is 21.1 Å². The third kappa shape index (κ3) is 5.57. The van der Waals surface area contributed by atoms with Crippen LogP contribution in [0.5, 0.6) is 0 Å². The number of carbonyl (C=O) groups is 1. The molecule has 0 saturated carbocycles. The predicted octanol–water partition coefficient (Wildman–Crippen LogP) is 1.99. The zero-order chi connectivity index (χ0) is 16.0. The maximum absolute atomic E-state index is 12.2. The average molecular weight is 443 g/mol. The van der Waals surface area contributed by atoms with Gasteiger partial charge in [-0.2, -0.15) is 0 Å². The summed E-state index contributed by atoms with van der Waals surface area (Å²) in [6.45, 7) is 2.54. The first-order chi connectivity index (χ1) is 9.77. The van der Waals surface area contributed by atoms with Gasteiger partial charge in [0.05, 0.1) is 5.69 Å². The first-order valence-corrected chi connectivity index (χ1v) is 9.35. The number of anilines is 1. The summed E-state index contributed by atoms with van der Waals surface area (Å²) in [6.07, 6.45) is 0.910. The number of rotatable bonds is 7. The lowest BCUT2D eigenvalue weighted by atomic mass is 10.3. The second-order valence-electron chi connectivity index (χ2n) is 4.30. The van der Waals surface area contributed by atoms with Gasteiger partial charge < -0.3 is 11.1 Å². The number of benzene rings is 1. The fraction of sp³-hybridized carbons (Fsp3) is 0.417. The van der Waals surface area contributed by atoms with Crippen LogP contribution in [-0.2, 0) is 14.8 Å². The molecule has 0 atom stereocenters. The van der Waals surface area contributed by atoms with E-state index in [1.54, 1.807) is 6.07 Å². The van der Waals surface area contributed by atoms with E-state index >= 15 is 0 Å². The fourth-order valence-electron chi connectivity index (χ4n) is 1.59. The van der Waals surface area contributed by atoms with Gasteiger partial charge in [-0.15, -0.1) is 0 Å². The van der Waals surface area contributed by atoms with Gasteiger partial charge in [-0.05, 0) is 34.5 Å². The van der Waals surface area contributed by atoms with Crippen LogP contribution in [0.2, 0.25) is 0 Å². The number of nitrogens with two attached hydrogens (primary N) is 1. The quantitative estimate of drug-likeness (QED) is 0.562. The van der Waals surface area contributed by atoms with E-state index in [4.69, 9.17) is 5.73 Å². The number of sulfonamides is 1. The van der Waals surface area contributed by atoms with Crippen molar-refractivity contribution in [1.82, 2.24) is 10.0 Å². The summed E-state index contributed by atoms with van der Waals surface area (Å²) in [5.41, 5.74) is 5.87. The second kappa shape index (κ2) is 8.11. The number of hydrogen-bond acceptors (Lipinski definition) is 4. The molecule has 4 N–H and O–H groups in total. The van der Waals surface area contributed by atoms with Crippen molar-refractivity contribution in [2.24, 2.45) is 0 Å². The Hall–Kier alpha value is -0.640. The van der Waals surface area contributed by atoms with E-state index in [0.717, 1.165) is 6.42 Å². The molecule has 0 radical (unpaired) electrons. The number of amides is 1. The molecule has 118 valence electrons. The van der Waals surface area contributed by atoms with E-state index in [1.165, 1.54) is 6.07 Å². The van der Waals surface area contributed by atoms with Gasteiger partial charge in [-0.25, -0.2) is 13.1 Å². The monoisotopic (exact) mass is 441 g/mol. The molecule has 0 unspecified atom stereocenters. The Labute approximate surface area is 141 Å². The average Bonchev–Trinajstić information content (AvgIpc) is 2.34. The molecule has 21 heavy (non-hydrogen) atoms. The summed E-state index contributed by atoms with van der Waals surface area (Å²) in [5, 5.41) is 2.67. The first-order valence-electron chi connectivity index (χ1n) is 6.28. The van der Waals surface area contributed by atoms with Crippen LogP contribution in [0.1, 0.15) is 19.8 Å². The maximum atomic E-state index is 12.2. The highest BCUT2D eigenvalue weighted by Crippen LogP contribution is 2.31. The van der Waals surface area contributed by atoms with Crippen LogP contribution >= 0.6 is 31.9 Å². The van der Waals surface area contributed by atoms with Gasteiger partial charge >= 0.3 is 0 Å². The highest BCUT2D eigenvalue weighted by molar-refractivity contribution is 9.11. The normalized spacial score (nSPS) is 11.4. The summed E-state index contributed by atoms with van der Waals surface area (Å²) < 4.78 is 27.8. The number of hydrogen-bond donors (Lipinski definition) is 3. The van der Waals surface area contributed by atoms with E-state index < -0.39 is 10.0 Å². The lowest BCUT2D eigenvalue weighted by Crippen LogP contribution is -2.31. The smallest absolute Gasteiger partial charge is 0.243 e. The van der Waals surface area contributed by atoms with Crippen molar-refractivity contribution in [3.8, 4) is 0 Å². The molecule has 1 aromatic rings. The zero-order valence-electron chi connectivity index (χ0n) is 11.4. The molecular weight excluding hydrogens is 426 g/mol. The molecule has 0 aliphatic rings. The van der Waals surface area contributed by atoms with E-state index in [-0.39, 0.29) is 29.5 Å². The van der Waals surface area contributed by atoms with Gasteiger partial charge in [0.1, 0.15) is 4.90 Å². The summed E-state index contributed by atoms with van der Waals surface area (Å²) in [4.78, 5) is 11.4. The minimum atomic E-state index is -3.78. The highest BCUT2D eigenvalue weighted by Gasteiger charge is 2.21. The number of nitrogens with one attached hydrogen (secondary N) is 2. The molecule has 1 aromatic carbocycles. The molecular formula is C12H17Br2N3O3S. The van der Waals surface area contributed by atoms with E-state index in [9.17, 15) is 13.2 Å². The van der Waals surface area contributed by atoms with Crippen molar-refractivity contribution >= 4 is 53.5 Å². The van der Waals surface area contributed by atoms with Crippen molar-refractivity contribution < 1.29 is 13.2 Å². The van der Waals surface area contributed by atoms with Crippen LogP contribution in [0.25, 0.3) is 0 Å². The highest BCUT2D eigenvalue weighted by atomic mass is 79.9. The van der Waals surface area contributed by atoms with E-state index in [0.29, 0.717) is 15.5 Å². The first kappa shape index (κ1) is 18.4. The van der Waals surface area contributed by atoms with Gasteiger partial charge in [0.2, 0.25) is 15.9 Å². The molecule has 9 heteroatoms. The fourth-order valence-corrected chi connectivity index (χ4v) is 4.69. The molecule has 0 spiro atoms. The topological polar surface area (TPSA) is 101 Å². The van der Waals surface area contributed by atoms with Crippen LogP contribution in [0, 0.1) is 0 Å². The number of halogens is 2. The van der Waals surface area contributed by atoms with Gasteiger partial charge in [0.25, 0.3) is 0 Å². The van der Waals surface area contributed by atoms with Crippen molar-refractivity contribution in [2.45, 2.75) is 24.7 Å². The Morgan fingerprint density at radius 2 is 1.95 bits per heavy atom. The number of nitrogen functional groups attached to an aromatic ring is 1. The van der Waals surface area contributed by atoms with E-state index in [1.807, 2.05) is 6.92 Å². The zero-order valence-corrected chi connectivity index (χ0v) is 15.4. The molecule has 0 saturated heterocycles. The second-order valence-corrected chi connectivity index (χ2v) is 7.78. The SMILES string of the molecule is CCCNC(=O)CCNS(=O)(=O)c1c(N)cc(Br)cc1Br. The van der Waals surface area contributed by atoms with Crippen LogP contribution in [0.3, 0.4) is 0 Å². The van der Waals surface area contributed by atoms with Crippen molar-refractivity contribution in [3.63, 3.8) is 0 Å². The molecule has 0 fully saturated rings. The molecule has 1 rings (SSSR count). The minimum Gasteiger partial charge on any atom is -0.398 e. The summed E-state index contributed by atoms with van der Waals surface area (Å²) in [5.74, 6) is -0.192. The third-order valence-corrected chi connectivity index (χ3v) is 5.45. The van der Waals surface area contributed by atoms with Crippen LogP contribution in [0.4, 0.5) is 5.69 Å². The predicted molar refractivity (Wildman–Crippen MR) is 89.4 cm³/mol.